The molecule has 1 aromatic carbocycles. The van der Waals surface area contributed by atoms with Gasteiger partial charge in [-0.3, -0.25) is 0 Å². The Kier molecular flexibility index (Phi) is 6.71. The Morgan fingerprint density at radius 1 is 1.24 bits per heavy atom. The van der Waals surface area contributed by atoms with E-state index in [0.29, 0.717) is 0 Å². The Hall–Kier alpha value is -1.02. The highest BCUT2D eigenvalue weighted by Gasteiger charge is 2.01. The van der Waals surface area contributed by atoms with Gasteiger partial charge in [0.15, 0.2) is 0 Å². The quantitative estimate of drug-likeness (QED) is 0.693. The summed E-state index contributed by atoms with van der Waals surface area (Å²) in [4.78, 5) is 0. The third kappa shape index (κ3) is 5.73. The molecule has 2 nitrogen and oxygen atoms in total. The molecule has 0 saturated carbocycles. The molecule has 1 rings (SSSR count). The summed E-state index contributed by atoms with van der Waals surface area (Å²) in [6.45, 7) is 6.38. The standard InChI is InChI=1S/C15H25NO/c1-13(2)7-6-11-16-15-9-5-4-8-14(15)10-12-17-3/h4-5,8-9,13,16H,6-7,10-12H2,1-3H3. The van der Waals surface area contributed by atoms with Gasteiger partial charge in [0.25, 0.3) is 0 Å². The molecule has 0 saturated heterocycles. The van der Waals surface area contributed by atoms with Crippen molar-refractivity contribution in [1.82, 2.24) is 0 Å². The topological polar surface area (TPSA) is 21.3 Å². The van der Waals surface area contributed by atoms with Gasteiger partial charge in [0.2, 0.25) is 0 Å². The Balaban J connectivity index is 2.40. The number of hydrogen-bond acceptors (Lipinski definition) is 2. The molecule has 0 heterocycles. The minimum Gasteiger partial charge on any atom is -0.385 e. The fourth-order valence-electron chi connectivity index (χ4n) is 1.86. The minimum atomic E-state index is 0.782. The molecule has 0 bridgehead atoms. The third-order valence-corrected chi connectivity index (χ3v) is 2.87. The average molecular weight is 235 g/mol. The van der Waals surface area contributed by atoms with Crippen molar-refractivity contribution in [3.8, 4) is 0 Å². The summed E-state index contributed by atoms with van der Waals surface area (Å²) >= 11 is 0. The largest absolute Gasteiger partial charge is 0.385 e. The summed E-state index contributed by atoms with van der Waals surface area (Å²) < 4.78 is 5.13. The van der Waals surface area contributed by atoms with E-state index in [9.17, 15) is 0 Å². The van der Waals surface area contributed by atoms with Crippen molar-refractivity contribution in [3.63, 3.8) is 0 Å². The summed E-state index contributed by atoms with van der Waals surface area (Å²) in [6.07, 6.45) is 3.49. The van der Waals surface area contributed by atoms with Gasteiger partial charge in [-0.15, -0.1) is 0 Å². The molecule has 0 fully saturated rings. The Morgan fingerprint density at radius 2 is 2.00 bits per heavy atom. The van der Waals surface area contributed by atoms with Crippen LogP contribution in [-0.2, 0) is 11.2 Å². The zero-order chi connectivity index (χ0) is 12.5. The first-order chi connectivity index (χ1) is 8.24. The van der Waals surface area contributed by atoms with Crippen LogP contribution in [0.4, 0.5) is 5.69 Å². The van der Waals surface area contributed by atoms with E-state index in [4.69, 9.17) is 4.74 Å². The highest BCUT2D eigenvalue weighted by Crippen LogP contribution is 2.16. The number of ether oxygens (including phenoxy) is 1. The maximum absolute atomic E-state index is 5.13. The first-order valence-electron chi connectivity index (χ1n) is 6.54. The van der Waals surface area contributed by atoms with Crippen LogP contribution in [0, 0.1) is 5.92 Å². The van der Waals surface area contributed by atoms with Gasteiger partial charge >= 0.3 is 0 Å². The van der Waals surface area contributed by atoms with Gasteiger partial charge in [-0.05, 0) is 36.8 Å². The minimum absolute atomic E-state index is 0.782. The van der Waals surface area contributed by atoms with E-state index in [-0.39, 0.29) is 0 Å². The highest BCUT2D eigenvalue weighted by atomic mass is 16.5. The molecule has 96 valence electrons. The van der Waals surface area contributed by atoms with E-state index >= 15 is 0 Å². The van der Waals surface area contributed by atoms with E-state index in [1.807, 2.05) is 0 Å². The molecule has 0 amide bonds. The first-order valence-corrected chi connectivity index (χ1v) is 6.54. The van der Waals surface area contributed by atoms with Crippen LogP contribution in [-0.4, -0.2) is 20.3 Å². The van der Waals surface area contributed by atoms with Crippen molar-refractivity contribution >= 4 is 5.69 Å². The second-order valence-electron chi connectivity index (χ2n) is 4.86. The molecule has 0 aliphatic carbocycles. The third-order valence-electron chi connectivity index (χ3n) is 2.87. The van der Waals surface area contributed by atoms with Crippen molar-refractivity contribution in [2.45, 2.75) is 33.1 Å². The SMILES string of the molecule is COCCc1ccccc1NCCCC(C)C. The highest BCUT2D eigenvalue weighted by molar-refractivity contribution is 5.51. The Labute approximate surface area is 105 Å². The number of benzene rings is 1. The van der Waals surface area contributed by atoms with Gasteiger partial charge in [0.05, 0.1) is 6.61 Å². The first kappa shape index (κ1) is 14.0. The molecule has 2 heteroatoms. The van der Waals surface area contributed by atoms with E-state index in [2.05, 4.69) is 43.4 Å². The van der Waals surface area contributed by atoms with Crippen LogP contribution >= 0.6 is 0 Å². The van der Waals surface area contributed by atoms with Crippen molar-refractivity contribution in [2.75, 3.05) is 25.6 Å². The monoisotopic (exact) mass is 235 g/mol. The van der Waals surface area contributed by atoms with Crippen molar-refractivity contribution in [3.05, 3.63) is 29.8 Å². The Morgan fingerprint density at radius 3 is 2.71 bits per heavy atom. The van der Waals surface area contributed by atoms with E-state index in [0.717, 1.165) is 25.5 Å². The second-order valence-corrected chi connectivity index (χ2v) is 4.86. The fraction of sp³-hybridized carbons (Fsp3) is 0.600. The molecule has 0 radical (unpaired) electrons. The molecule has 0 aliphatic rings. The average Bonchev–Trinajstić information content (AvgIpc) is 2.33. The van der Waals surface area contributed by atoms with Crippen LogP contribution in [0.15, 0.2) is 24.3 Å². The zero-order valence-electron chi connectivity index (χ0n) is 11.3. The van der Waals surface area contributed by atoms with Gasteiger partial charge in [-0.2, -0.15) is 0 Å². The molecule has 1 aromatic rings. The van der Waals surface area contributed by atoms with E-state index in [1.165, 1.54) is 24.1 Å². The van der Waals surface area contributed by atoms with Crippen LogP contribution in [0.5, 0.6) is 0 Å². The van der Waals surface area contributed by atoms with Crippen molar-refractivity contribution < 1.29 is 4.74 Å². The maximum atomic E-state index is 5.13. The second kappa shape index (κ2) is 8.13. The van der Waals surface area contributed by atoms with Gasteiger partial charge in [0.1, 0.15) is 0 Å². The van der Waals surface area contributed by atoms with Crippen LogP contribution < -0.4 is 5.32 Å². The number of para-hydroxylation sites is 1. The number of rotatable bonds is 8. The van der Waals surface area contributed by atoms with Crippen molar-refractivity contribution in [1.29, 1.82) is 0 Å². The number of hydrogen-bond donors (Lipinski definition) is 1. The summed E-state index contributed by atoms with van der Waals surface area (Å²) in [6, 6.07) is 8.50. The summed E-state index contributed by atoms with van der Waals surface area (Å²) in [5, 5.41) is 3.52. The summed E-state index contributed by atoms with van der Waals surface area (Å²) in [5.74, 6) is 0.792. The molecule has 1 N–H and O–H groups in total. The Bertz CT molecular complexity index is 310. The predicted molar refractivity (Wildman–Crippen MR) is 74.6 cm³/mol. The fourth-order valence-corrected chi connectivity index (χ4v) is 1.86. The number of anilines is 1. The molecular weight excluding hydrogens is 210 g/mol. The van der Waals surface area contributed by atoms with Crippen LogP contribution in [0.25, 0.3) is 0 Å². The van der Waals surface area contributed by atoms with E-state index in [1.54, 1.807) is 7.11 Å². The van der Waals surface area contributed by atoms with Gasteiger partial charge < -0.3 is 10.1 Å². The summed E-state index contributed by atoms with van der Waals surface area (Å²) in [5.41, 5.74) is 2.60. The maximum Gasteiger partial charge on any atom is 0.0503 e. The molecule has 0 unspecified atom stereocenters. The van der Waals surface area contributed by atoms with Crippen LogP contribution in [0.3, 0.4) is 0 Å². The molecular formula is C15H25NO. The normalized spacial score (nSPS) is 10.8. The van der Waals surface area contributed by atoms with Crippen LogP contribution in [0.1, 0.15) is 32.3 Å². The lowest BCUT2D eigenvalue weighted by molar-refractivity contribution is 0.202. The van der Waals surface area contributed by atoms with E-state index < -0.39 is 0 Å². The van der Waals surface area contributed by atoms with Gasteiger partial charge in [-0.1, -0.05) is 32.0 Å². The lowest BCUT2D eigenvalue weighted by atomic mass is 10.1. The lowest BCUT2D eigenvalue weighted by Crippen LogP contribution is -2.06. The van der Waals surface area contributed by atoms with Crippen molar-refractivity contribution in [2.24, 2.45) is 5.92 Å². The van der Waals surface area contributed by atoms with Gasteiger partial charge in [-0.25, -0.2) is 0 Å². The molecule has 0 aliphatic heterocycles. The molecule has 0 atom stereocenters. The number of methoxy groups -OCH3 is 1. The van der Waals surface area contributed by atoms with Crippen LogP contribution in [0.2, 0.25) is 0 Å². The molecule has 17 heavy (non-hydrogen) atoms. The molecule has 0 aromatic heterocycles. The molecule has 0 spiro atoms. The van der Waals surface area contributed by atoms with Gasteiger partial charge in [0, 0.05) is 19.3 Å². The smallest absolute Gasteiger partial charge is 0.0503 e. The predicted octanol–water partition coefficient (Wildman–Crippen LogP) is 3.72. The lowest BCUT2D eigenvalue weighted by Gasteiger charge is -2.12. The number of nitrogens with one attached hydrogen (secondary N) is 1. The summed E-state index contributed by atoms with van der Waals surface area (Å²) in [7, 11) is 1.75. The zero-order valence-corrected chi connectivity index (χ0v) is 11.3.